The zero-order valence-corrected chi connectivity index (χ0v) is 23.1. The molecule has 12 heteroatoms. The fourth-order valence-electron chi connectivity index (χ4n) is 4.67. The Balaban J connectivity index is 1.37. The highest BCUT2D eigenvalue weighted by atomic mass is 35.5. The van der Waals surface area contributed by atoms with Gasteiger partial charge in [-0.2, -0.15) is 5.10 Å². The van der Waals surface area contributed by atoms with Crippen LogP contribution in [0.25, 0.3) is 11.0 Å². The normalized spacial score (nSPS) is 19.6. The van der Waals surface area contributed by atoms with Crippen molar-refractivity contribution in [3.05, 3.63) is 125 Å². The average molecular weight is 599 g/mol. The molecule has 43 heavy (non-hydrogen) atoms. The lowest BCUT2D eigenvalue weighted by Crippen LogP contribution is -2.41. The molecule has 1 saturated heterocycles. The molecule has 0 spiro atoms. The van der Waals surface area contributed by atoms with Gasteiger partial charge in [-0.05, 0) is 36.4 Å². The third-order valence-corrected chi connectivity index (χ3v) is 7.06. The van der Waals surface area contributed by atoms with Gasteiger partial charge in [0.1, 0.15) is 24.2 Å². The molecule has 2 aromatic heterocycles. The Morgan fingerprint density at radius 2 is 1.28 bits per heavy atom. The van der Waals surface area contributed by atoms with Gasteiger partial charge in [0.25, 0.3) is 0 Å². The predicted molar refractivity (Wildman–Crippen MR) is 152 cm³/mol. The summed E-state index contributed by atoms with van der Waals surface area (Å²) in [4.78, 5) is 47.6. The van der Waals surface area contributed by atoms with Crippen molar-refractivity contribution in [2.75, 3.05) is 6.61 Å². The second kappa shape index (κ2) is 12.4. The van der Waals surface area contributed by atoms with E-state index in [-0.39, 0.29) is 22.9 Å². The smallest absolute Gasteiger partial charge is 0.338 e. The van der Waals surface area contributed by atoms with E-state index in [2.05, 4.69) is 15.1 Å². The van der Waals surface area contributed by atoms with Crippen LogP contribution in [0, 0.1) is 0 Å². The number of carbonyl (C=O) groups is 3. The van der Waals surface area contributed by atoms with Crippen LogP contribution in [0.5, 0.6) is 0 Å². The minimum atomic E-state index is -1.24. The molecular weight excluding hydrogens is 576 g/mol. The summed E-state index contributed by atoms with van der Waals surface area (Å²) in [6, 6.07) is 25.1. The summed E-state index contributed by atoms with van der Waals surface area (Å²) in [6.07, 6.45) is -1.96. The van der Waals surface area contributed by atoms with Crippen molar-refractivity contribution >= 4 is 40.5 Å². The molecule has 3 heterocycles. The first-order valence-electron chi connectivity index (χ1n) is 13.2. The number of hydrogen-bond acceptors (Lipinski definition) is 10. The van der Waals surface area contributed by atoms with Gasteiger partial charge < -0.3 is 18.9 Å². The van der Waals surface area contributed by atoms with E-state index in [4.69, 9.17) is 30.5 Å². The first-order chi connectivity index (χ1) is 21.0. The maximum Gasteiger partial charge on any atom is 0.338 e. The number of halogens is 1. The summed E-state index contributed by atoms with van der Waals surface area (Å²) in [5.74, 6) is -1.99. The SMILES string of the molecule is O=C(OC[C@H]1O[C@@H](n2ncc3c(Cl)ncnc32)[C@H](OC(=O)c2ccccc2)[C@@H]1OC(=O)c1ccccc1)c1ccccc1. The first kappa shape index (κ1) is 28.0. The highest BCUT2D eigenvalue weighted by Crippen LogP contribution is 2.37. The highest BCUT2D eigenvalue weighted by Gasteiger charge is 2.52. The lowest BCUT2D eigenvalue weighted by atomic mass is 10.1. The Morgan fingerprint density at radius 1 is 0.744 bits per heavy atom. The summed E-state index contributed by atoms with van der Waals surface area (Å²) >= 11 is 6.26. The molecule has 4 atom stereocenters. The van der Waals surface area contributed by atoms with Crippen molar-refractivity contribution in [1.29, 1.82) is 0 Å². The van der Waals surface area contributed by atoms with Gasteiger partial charge in [0, 0.05) is 0 Å². The summed E-state index contributed by atoms with van der Waals surface area (Å²) < 4.78 is 25.1. The van der Waals surface area contributed by atoms with Crippen molar-refractivity contribution < 1.29 is 33.3 Å². The van der Waals surface area contributed by atoms with Crippen molar-refractivity contribution in [2.24, 2.45) is 0 Å². The van der Waals surface area contributed by atoms with Crippen LogP contribution in [0.3, 0.4) is 0 Å². The zero-order valence-electron chi connectivity index (χ0n) is 22.4. The van der Waals surface area contributed by atoms with Gasteiger partial charge in [-0.25, -0.2) is 29.0 Å². The second-order valence-electron chi connectivity index (χ2n) is 9.49. The fourth-order valence-corrected chi connectivity index (χ4v) is 4.85. The molecule has 0 aliphatic carbocycles. The van der Waals surface area contributed by atoms with E-state index in [1.165, 1.54) is 17.2 Å². The van der Waals surface area contributed by atoms with Crippen LogP contribution in [-0.2, 0) is 18.9 Å². The van der Waals surface area contributed by atoms with E-state index in [1.54, 1.807) is 91.0 Å². The second-order valence-corrected chi connectivity index (χ2v) is 9.85. The van der Waals surface area contributed by atoms with E-state index in [1.807, 2.05) is 0 Å². The fraction of sp³-hybridized carbons (Fsp3) is 0.161. The number of rotatable bonds is 8. The molecule has 5 aromatic rings. The van der Waals surface area contributed by atoms with Gasteiger partial charge in [-0.15, -0.1) is 0 Å². The zero-order chi connectivity index (χ0) is 29.8. The Kier molecular flexibility index (Phi) is 8.07. The highest BCUT2D eigenvalue weighted by molar-refractivity contribution is 6.33. The first-order valence-corrected chi connectivity index (χ1v) is 13.6. The van der Waals surface area contributed by atoms with Crippen LogP contribution in [0.2, 0.25) is 5.15 Å². The molecule has 6 rings (SSSR count). The lowest BCUT2D eigenvalue weighted by Gasteiger charge is -2.24. The van der Waals surface area contributed by atoms with E-state index in [9.17, 15) is 14.4 Å². The molecule has 1 aliphatic heterocycles. The van der Waals surface area contributed by atoms with Crippen molar-refractivity contribution in [1.82, 2.24) is 19.7 Å². The van der Waals surface area contributed by atoms with E-state index < -0.39 is 42.4 Å². The standard InChI is InChI=1S/C31H23ClN4O7/c32-26-22-16-35-36(27(22)34-18-33-26)28-25(43-31(39)21-14-8-3-9-15-21)24(42-30(38)20-12-6-2-7-13-20)23(41-28)17-40-29(37)19-10-4-1-5-11-19/h1-16,18,23-25,28H,17H2/t23-,24-,25-,28-/m1/s1. The molecule has 0 bridgehead atoms. The van der Waals surface area contributed by atoms with Crippen molar-refractivity contribution in [2.45, 2.75) is 24.5 Å². The molecule has 1 fully saturated rings. The summed E-state index contributed by atoms with van der Waals surface area (Å²) in [6.45, 7) is -0.328. The molecule has 0 amide bonds. The number of esters is 3. The van der Waals surface area contributed by atoms with Crippen LogP contribution in [-0.4, -0.2) is 62.6 Å². The lowest BCUT2D eigenvalue weighted by molar-refractivity contribution is -0.0654. The summed E-state index contributed by atoms with van der Waals surface area (Å²) in [5, 5.41) is 4.97. The topological polar surface area (TPSA) is 132 Å². The Hall–Kier alpha value is -5.13. The van der Waals surface area contributed by atoms with Gasteiger partial charge in [0.15, 0.2) is 24.1 Å². The van der Waals surface area contributed by atoms with Crippen LogP contribution >= 0.6 is 11.6 Å². The largest absolute Gasteiger partial charge is 0.459 e. The maximum absolute atomic E-state index is 13.3. The Labute approximate surface area is 249 Å². The monoisotopic (exact) mass is 598 g/mol. The van der Waals surface area contributed by atoms with Crippen LogP contribution < -0.4 is 0 Å². The number of benzene rings is 3. The molecule has 1 aliphatic rings. The van der Waals surface area contributed by atoms with E-state index in [0.29, 0.717) is 16.6 Å². The third-order valence-electron chi connectivity index (χ3n) is 6.76. The Morgan fingerprint density at radius 3 is 1.86 bits per heavy atom. The third kappa shape index (κ3) is 5.94. The molecule has 0 N–H and O–H groups in total. The number of carbonyl (C=O) groups excluding carboxylic acids is 3. The number of nitrogens with zero attached hydrogens (tertiary/aromatic N) is 4. The average Bonchev–Trinajstić information content (AvgIpc) is 3.63. The van der Waals surface area contributed by atoms with Gasteiger partial charge in [0.05, 0.1) is 28.3 Å². The molecular formula is C31H23ClN4O7. The van der Waals surface area contributed by atoms with E-state index >= 15 is 0 Å². The van der Waals surface area contributed by atoms with Crippen LogP contribution in [0.15, 0.2) is 104 Å². The van der Waals surface area contributed by atoms with Crippen molar-refractivity contribution in [3.63, 3.8) is 0 Å². The molecule has 0 unspecified atom stereocenters. The van der Waals surface area contributed by atoms with Gasteiger partial charge in [-0.1, -0.05) is 66.2 Å². The minimum absolute atomic E-state index is 0.160. The quantitative estimate of drug-likeness (QED) is 0.141. The number of hydrogen-bond donors (Lipinski definition) is 0. The van der Waals surface area contributed by atoms with Gasteiger partial charge in [0.2, 0.25) is 0 Å². The molecule has 0 saturated carbocycles. The number of ether oxygens (including phenoxy) is 4. The summed E-state index contributed by atoms with van der Waals surface area (Å²) in [7, 11) is 0. The molecule has 0 radical (unpaired) electrons. The van der Waals surface area contributed by atoms with Gasteiger partial charge in [-0.3, -0.25) is 0 Å². The predicted octanol–water partition coefficient (Wildman–Crippen LogP) is 4.69. The number of aromatic nitrogens is 4. The van der Waals surface area contributed by atoms with Crippen molar-refractivity contribution in [3.8, 4) is 0 Å². The minimum Gasteiger partial charge on any atom is -0.459 e. The molecule has 216 valence electrons. The molecule has 3 aromatic carbocycles. The van der Waals surface area contributed by atoms with Crippen LogP contribution in [0.4, 0.5) is 0 Å². The Bertz CT molecular complexity index is 1750. The summed E-state index contributed by atoms with van der Waals surface area (Å²) in [5.41, 5.74) is 1.15. The maximum atomic E-state index is 13.3. The number of fused-ring (bicyclic) bond motifs is 1. The van der Waals surface area contributed by atoms with Crippen LogP contribution in [0.1, 0.15) is 37.3 Å². The van der Waals surface area contributed by atoms with E-state index in [0.717, 1.165) is 0 Å². The van der Waals surface area contributed by atoms with Gasteiger partial charge >= 0.3 is 17.9 Å². The molecule has 11 nitrogen and oxygen atoms in total.